The van der Waals surface area contributed by atoms with Crippen molar-refractivity contribution in [2.75, 3.05) is 37.7 Å². The largest absolute Gasteiger partial charge is 0.488 e. The number of benzene rings is 1. The van der Waals surface area contributed by atoms with E-state index >= 15 is 0 Å². The van der Waals surface area contributed by atoms with E-state index in [9.17, 15) is 26.7 Å². The van der Waals surface area contributed by atoms with Gasteiger partial charge in [-0.3, -0.25) is 9.52 Å². The minimum Gasteiger partial charge on any atom is -0.488 e. The summed E-state index contributed by atoms with van der Waals surface area (Å²) in [7, 11) is -4.37. The summed E-state index contributed by atoms with van der Waals surface area (Å²) >= 11 is 0. The molecular weight excluding hydrogens is 498 g/mol. The van der Waals surface area contributed by atoms with Crippen molar-refractivity contribution in [2.45, 2.75) is 31.0 Å². The Morgan fingerprint density at radius 3 is 2.57 bits per heavy atom. The van der Waals surface area contributed by atoms with Crippen molar-refractivity contribution in [1.82, 2.24) is 18.8 Å². The first-order valence-corrected chi connectivity index (χ1v) is 14.2. The van der Waals surface area contributed by atoms with Crippen molar-refractivity contribution in [2.24, 2.45) is 13.0 Å². The van der Waals surface area contributed by atoms with E-state index in [-0.39, 0.29) is 47.6 Å². The molecule has 12 nitrogen and oxygen atoms in total. The first-order chi connectivity index (χ1) is 16.2. The molecule has 1 aromatic heterocycles. The molecule has 1 aliphatic heterocycles. The molecule has 2 N–H and O–H groups in total. The highest BCUT2D eigenvalue weighted by molar-refractivity contribution is 7.92. The second-order valence-electron chi connectivity index (χ2n) is 8.87. The second-order valence-corrected chi connectivity index (χ2v) is 12.6. The lowest BCUT2D eigenvalue weighted by molar-refractivity contribution is 0.0387. The summed E-state index contributed by atoms with van der Waals surface area (Å²) in [5.41, 5.74) is 0.283. The molecule has 194 valence electrons. The summed E-state index contributed by atoms with van der Waals surface area (Å²) < 4.78 is 60.6. The van der Waals surface area contributed by atoms with Gasteiger partial charge in [0.15, 0.2) is 5.03 Å². The molecule has 3 rings (SSSR count). The molecule has 0 spiro atoms. The fourth-order valence-electron chi connectivity index (χ4n) is 3.75. The number of nitrogens with one attached hydrogen (secondary N) is 1. The predicted octanol–water partition coefficient (Wildman–Crippen LogP) is 0.332. The molecule has 3 atom stereocenters. The Morgan fingerprint density at radius 2 is 2.00 bits per heavy atom. The van der Waals surface area contributed by atoms with Crippen molar-refractivity contribution in [1.29, 1.82) is 0 Å². The van der Waals surface area contributed by atoms with Crippen molar-refractivity contribution < 1.29 is 31.5 Å². The van der Waals surface area contributed by atoms with Crippen LogP contribution in [0.15, 0.2) is 35.7 Å². The first kappa shape index (κ1) is 26.9. The maximum Gasteiger partial charge on any atom is 0.261 e. The zero-order valence-corrected chi connectivity index (χ0v) is 21.9. The number of aryl methyl sites for hydroxylation is 1. The number of aromatic nitrogens is 2. The Kier molecular flexibility index (Phi) is 7.79. The molecule has 1 aliphatic rings. The number of carbonyl (C=O) groups is 1. The van der Waals surface area contributed by atoms with Crippen LogP contribution < -0.4 is 9.46 Å². The molecule has 2 aromatic rings. The van der Waals surface area contributed by atoms with Crippen LogP contribution in [0.5, 0.6) is 5.75 Å². The minimum atomic E-state index is -3.89. The Hall–Kier alpha value is -2.68. The van der Waals surface area contributed by atoms with Crippen LogP contribution in [0.2, 0.25) is 0 Å². The lowest BCUT2D eigenvalue weighted by Gasteiger charge is -2.38. The smallest absolute Gasteiger partial charge is 0.261 e. The summed E-state index contributed by atoms with van der Waals surface area (Å²) in [6, 6.07) is 3.78. The SMILES string of the molecule is C[C@@H]1CN([C@@H](C)CO)C(=O)c2cc(NS(C)(=O)=O)ccc2O[C@H]1CN(C)S(=O)(=O)c1cn(C)cn1. The van der Waals surface area contributed by atoms with Gasteiger partial charge in [0.2, 0.25) is 10.0 Å². The third kappa shape index (κ3) is 6.12. The molecule has 1 aromatic carbocycles. The molecule has 2 heterocycles. The van der Waals surface area contributed by atoms with Gasteiger partial charge >= 0.3 is 0 Å². The Morgan fingerprint density at radius 1 is 1.31 bits per heavy atom. The molecule has 0 bridgehead atoms. The van der Waals surface area contributed by atoms with E-state index in [2.05, 4.69) is 9.71 Å². The summed E-state index contributed by atoms with van der Waals surface area (Å²) in [5.74, 6) is -0.556. The Bertz CT molecular complexity index is 1290. The van der Waals surface area contributed by atoms with Crippen LogP contribution in [0.3, 0.4) is 0 Å². The number of hydrogen-bond acceptors (Lipinski definition) is 8. The number of nitrogens with zero attached hydrogens (tertiary/aromatic N) is 4. The zero-order chi connectivity index (χ0) is 26.1. The van der Waals surface area contributed by atoms with Crippen molar-refractivity contribution in [3.63, 3.8) is 0 Å². The topological polar surface area (TPSA) is 151 Å². The number of aliphatic hydroxyl groups excluding tert-OH is 1. The molecule has 1 amide bonds. The highest BCUT2D eigenvalue weighted by atomic mass is 32.2. The number of rotatable bonds is 8. The van der Waals surface area contributed by atoms with Crippen LogP contribution >= 0.6 is 0 Å². The number of imidazole rings is 1. The third-order valence-electron chi connectivity index (χ3n) is 5.76. The summed E-state index contributed by atoms with van der Waals surface area (Å²) in [6.45, 7) is 3.40. The number of sulfonamides is 2. The molecule has 0 fully saturated rings. The number of fused-ring (bicyclic) bond motifs is 1. The predicted molar refractivity (Wildman–Crippen MR) is 129 cm³/mol. The molecule has 14 heteroatoms. The number of ether oxygens (including phenoxy) is 1. The second kappa shape index (κ2) is 10.1. The standard InChI is InChI=1S/C21H31N5O7S2/c1-14-9-26(15(2)12-27)21(28)17-8-16(23-34(5,29)30)6-7-18(17)33-19(14)10-25(4)35(31,32)20-11-24(3)13-22-20/h6-8,11,13-15,19,23,27H,9-10,12H2,1-5H3/t14-,15+,19+/m1/s1. The van der Waals surface area contributed by atoms with Crippen molar-refractivity contribution in [3.05, 3.63) is 36.3 Å². The van der Waals surface area contributed by atoms with Gasteiger partial charge in [-0.2, -0.15) is 4.31 Å². The average Bonchev–Trinajstić information content (AvgIpc) is 3.22. The van der Waals surface area contributed by atoms with Crippen molar-refractivity contribution in [3.8, 4) is 5.75 Å². The number of amides is 1. The van der Waals surface area contributed by atoms with Crippen LogP contribution in [0.4, 0.5) is 5.69 Å². The van der Waals surface area contributed by atoms with Gasteiger partial charge in [0, 0.05) is 38.4 Å². The van der Waals surface area contributed by atoms with Gasteiger partial charge in [0.05, 0.1) is 37.3 Å². The fraction of sp³-hybridized carbons (Fsp3) is 0.524. The lowest BCUT2D eigenvalue weighted by Crippen LogP contribution is -2.50. The van der Waals surface area contributed by atoms with E-state index in [1.165, 1.54) is 47.2 Å². The molecule has 0 saturated heterocycles. The summed E-state index contributed by atoms with van der Waals surface area (Å²) in [6.07, 6.45) is 3.14. The van der Waals surface area contributed by atoms with E-state index in [1.807, 2.05) is 6.92 Å². The van der Waals surface area contributed by atoms with E-state index in [1.54, 1.807) is 14.0 Å². The zero-order valence-electron chi connectivity index (χ0n) is 20.2. The lowest BCUT2D eigenvalue weighted by atomic mass is 9.99. The van der Waals surface area contributed by atoms with Crippen LogP contribution in [-0.4, -0.2) is 91.8 Å². The number of likely N-dealkylation sites (N-methyl/N-ethyl adjacent to an activating group) is 1. The van der Waals surface area contributed by atoms with E-state index < -0.39 is 38.1 Å². The molecule has 35 heavy (non-hydrogen) atoms. The monoisotopic (exact) mass is 529 g/mol. The Labute approximate surface area is 205 Å². The van der Waals surface area contributed by atoms with Gasteiger partial charge in [-0.1, -0.05) is 6.92 Å². The molecule has 0 unspecified atom stereocenters. The third-order valence-corrected chi connectivity index (χ3v) is 8.08. The van der Waals surface area contributed by atoms with Crippen LogP contribution in [0.1, 0.15) is 24.2 Å². The van der Waals surface area contributed by atoms with Crippen LogP contribution in [0.25, 0.3) is 0 Å². The number of anilines is 1. The quantitative estimate of drug-likeness (QED) is 0.497. The number of hydrogen-bond donors (Lipinski definition) is 2. The maximum absolute atomic E-state index is 13.4. The van der Waals surface area contributed by atoms with E-state index in [0.29, 0.717) is 0 Å². The number of carbonyl (C=O) groups excluding carboxylic acids is 1. The normalized spacial score (nSPS) is 20.1. The van der Waals surface area contributed by atoms with Crippen LogP contribution in [-0.2, 0) is 27.1 Å². The molecular formula is C21H31N5O7S2. The summed E-state index contributed by atoms with van der Waals surface area (Å²) in [4.78, 5) is 18.8. The first-order valence-electron chi connectivity index (χ1n) is 10.9. The molecule has 0 aliphatic carbocycles. The van der Waals surface area contributed by atoms with Gasteiger partial charge in [-0.15, -0.1) is 0 Å². The minimum absolute atomic E-state index is 0.0294. The van der Waals surface area contributed by atoms with E-state index in [4.69, 9.17) is 4.74 Å². The number of aliphatic hydroxyl groups is 1. The average molecular weight is 530 g/mol. The fourth-order valence-corrected chi connectivity index (χ4v) is 5.45. The van der Waals surface area contributed by atoms with E-state index in [0.717, 1.165) is 10.6 Å². The Balaban J connectivity index is 1.99. The van der Waals surface area contributed by atoms with Gasteiger partial charge in [-0.05, 0) is 25.1 Å². The van der Waals surface area contributed by atoms with Crippen LogP contribution in [0, 0.1) is 5.92 Å². The van der Waals surface area contributed by atoms with Gasteiger partial charge in [0.25, 0.3) is 15.9 Å². The highest BCUT2D eigenvalue weighted by Crippen LogP contribution is 2.31. The summed E-state index contributed by atoms with van der Waals surface area (Å²) in [5, 5.41) is 9.65. The van der Waals surface area contributed by atoms with Gasteiger partial charge < -0.3 is 19.3 Å². The molecule has 0 radical (unpaired) electrons. The maximum atomic E-state index is 13.4. The highest BCUT2D eigenvalue weighted by Gasteiger charge is 2.35. The molecule has 0 saturated carbocycles. The van der Waals surface area contributed by atoms with Gasteiger partial charge in [0.1, 0.15) is 11.9 Å². The van der Waals surface area contributed by atoms with Crippen molar-refractivity contribution >= 4 is 31.6 Å². The van der Waals surface area contributed by atoms with Gasteiger partial charge in [-0.25, -0.2) is 21.8 Å².